The molecule has 4 rings (SSSR count). The summed E-state index contributed by atoms with van der Waals surface area (Å²) >= 11 is 0. The lowest BCUT2D eigenvalue weighted by Crippen LogP contribution is -1.94. The minimum Gasteiger partial charge on any atom is -0.384 e. The number of nitrogens with zero attached hydrogens (tertiary/aromatic N) is 3. The van der Waals surface area contributed by atoms with Gasteiger partial charge < -0.3 is 9.88 Å². The number of imidazole rings is 1. The van der Waals surface area contributed by atoms with E-state index in [2.05, 4.69) is 34.0 Å². The monoisotopic (exact) mass is 250 g/mol. The molecule has 0 atom stereocenters. The van der Waals surface area contributed by atoms with Gasteiger partial charge in [0.15, 0.2) is 0 Å². The molecule has 0 fully saturated rings. The molecule has 19 heavy (non-hydrogen) atoms. The van der Waals surface area contributed by atoms with Crippen LogP contribution < -0.4 is 5.32 Å². The minimum atomic E-state index is 0.965. The van der Waals surface area contributed by atoms with Crippen molar-refractivity contribution in [1.82, 2.24) is 14.5 Å². The van der Waals surface area contributed by atoms with Crippen LogP contribution in [0.1, 0.15) is 5.56 Å². The summed E-state index contributed by atoms with van der Waals surface area (Å²) in [5.74, 6) is 0.965. The van der Waals surface area contributed by atoms with Gasteiger partial charge in [-0.3, -0.25) is 4.98 Å². The number of aryl methyl sites for hydroxylation is 1. The van der Waals surface area contributed by atoms with E-state index < -0.39 is 0 Å². The number of nitrogens with one attached hydrogen (secondary N) is 1. The van der Waals surface area contributed by atoms with Crippen LogP contribution in [-0.4, -0.2) is 21.1 Å². The number of anilines is 1. The first kappa shape index (κ1) is 10.6. The summed E-state index contributed by atoms with van der Waals surface area (Å²) < 4.78 is 2.13. The molecule has 3 heterocycles. The van der Waals surface area contributed by atoms with Gasteiger partial charge >= 0.3 is 0 Å². The molecule has 0 bridgehead atoms. The molecular weight excluding hydrogens is 236 g/mol. The van der Waals surface area contributed by atoms with Crippen molar-refractivity contribution in [2.75, 3.05) is 11.9 Å². The van der Waals surface area contributed by atoms with Crippen molar-refractivity contribution in [2.45, 2.75) is 6.42 Å². The summed E-state index contributed by atoms with van der Waals surface area (Å²) in [7, 11) is 2.05. The van der Waals surface area contributed by atoms with E-state index in [4.69, 9.17) is 4.98 Å². The van der Waals surface area contributed by atoms with Gasteiger partial charge in [0.25, 0.3) is 0 Å². The van der Waals surface area contributed by atoms with Crippen molar-refractivity contribution in [3.63, 3.8) is 0 Å². The maximum absolute atomic E-state index is 4.76. The van der Waals surface area contributed by atoms with E-state index in [0.29, 0.717) is 0 Å². The number of benzene rings is 1. The smallest absolute Gasteiger partial charge is 0.142 e. The van der Waals surface area contributed by atoms with E-state index in [1.54, 1.807) is 6.20 Å². The number of aromatic nitrogens is 3. The average molecular weight is 250 g/mol. The van der Waals surface area contributed by atoms with Crippen molar-refractivity contribution in [2.24, 2.45) is 7.05 Å². The highest BCUT2D eigenvalue weighted by Crippen LogP contribution is 2.30. The highest BCUT2D eigenvalue weighted by atomic mass is 15.1. The third-order valence-electron chi connectivity index (χ3n) is 3.74. The molecule has 1 aliphatic heterocycles. The zero-order valence-corrected chi connectivity index (χ0v) is 10.7. The van der Waals surface area contributed by atoms with Crippen molar-refractivity contribution in [1.29, 1.82) is 0 Å². The Morgan fingerprint density at radius 1 is 1.32 bits per heavy atom. The Bertz CT molecular complexity index is 759. The van der Waals surface area contributed by atoms with E-state index in [1.807, 2.05) is 18.3 Å². The molecule has 4 nitrogen and oxygen atoms in total. The lowest BCUT2D eigenvalue weighted by atomic mass is 10.1. The number of fused-ring (bicyclic) bond motifs is 2. The first-order valence-corrected chi connectivity index (χ1v) is 6.46. The van der Waals surface area contributed by atoms with Crippen LogP contribution in [0.25, 0.3) is 22.4 Å². The topological polar surface area (TPSA) is 42.7 Å². The van der Waals surface area contributed by atoms with Gasteiger partial charge in [0, 0.05) is 37.2 Å². The molecular formula is C15H14N4. The molecule has 0 spiro atoms. The van der Waals surface area contributed by atoms with Crippen molar-refractivity contribution < 1.29 is 0 Å². The van der Waals surface area contributed by atoms with E-state index in [0.717, 1.165) is 35.4 Å². The van der Waals surface area contributed by atoms with Crippen LogP contribution in [0.5, 0.6) is 0 Å². The standard InChI is InChI=1S/C15H14N4/c1-19-14-8-12-10(4-6-17-12)7-13(14)18-15(19)11-3-2-5-16-9-11/h2-3,5,7-9,17H,4,6H2,1H3. The Morgan fingerprint density at radius 3 is 3.11 bits per heavy atom. The molecule has 3 aromatic rings. The quantitative estimate of drug-likeness (QED) is 0.722. The van der Waals surface area contributed by atoms with E-state index in [1.165, 1.54) is 11.3 Å². The Hall–Kier alpha value is -2.36. The third kappa shape index (κ3) is 1.53. The molecule has 2 aromatic heterocycles. The Kier molecular flexibility index (Phi) is 2.12. The predicted molar refractivity (Wildman–Crippen MR) is 76.1 cm³/mol. The minimum absolute atomic E-state index is 0.965. The zero-order valence-electron chi connectivity index (χ0n) is 10.7. The molecule has 1 N–H and O–H groups in total. The van der Waals surface area contributed by atoms with Crippen molar-refractivity contribution >= 4 is 16.7 Å². The normalized spacial score (nSPS) is 13.5. The van der Waals surface area contributed by atoms with E-state index in [9.17, 15) is 0 Å². The van der Waals surface area contributed by atoms with Crippen LogP contribution in [0.2, 0.25) is 0 Å². The van der Waals surface area contributed by atoms with Gasteiger partial charge in [0.2, 0.25) is 0 Å². The van der Waals surface area contributed by atoms with Gasteiger partial charge in [-0.1, -0.05) is 0 Å². The summed E-state index contributed by atoms with van der Waals surface area (Å²) in [4.78, 5) is 8.92. The molecule has 0 saturated heterocycles. The average Bonchev–Trinajstić information content (AvgIpc) is 3.02. The third-order valence-corrected chi connectivity index (χ3v) is 3.74. The fourth-order valence-corrected chi connectivity index (χ4v) is 2.74. The van der Waals surface area contributed by atoms with Gasteiger partial charge in [-0.25, -0.2) is 4.98 Å². The van der Waals surface area contributed by atoms with E-state index >= 15 is 0 Å². The number of hydrogen-bond donors (Lipinski definition) is 1. The van der Waals surface area contributed by atoms with Crippen LogP contribution >= 0.6 is 0 Å². The van der Waals surface area contributed by atoms with Crippen LogP contribution in [0.3, 0.4) is 0 Å². The lowest BCUT2D eigenvalue weighted by molar-refractivity contribution is 0.957. The second kappa shape index (κ2) is 3.82. The summed E-state index contributed by atoms with van der Waals surface area (Å²) in [6.07, 6.45) is 4.72. The number of rotatable bonds is 1. The lowest BCUT2D eigenvalue weighted by Gasteiger charge is -2.03. The second-order valence-corrected chi connectivity index (χ2v) is 4.91. The second-order valence-electron chi connectivity index (χ2n) is 4.91. The highest BCUT2D eigenvalue weighted by molar-refractivity contribution is 5.85. The summed E-state index contributed by atoms with van der Waals surface area (Å²) in [6.45, 7) is 1.03. The van der Waals surface area contributed by atoms with Gasteiger partial charge in [-0.05, 0) is 36.2 Å². The van der Waals surface area contributed by atoms with Gasteiger partial charge in [0.1, 0.15) is 5.82 Å². The molecule has 0 aliphatic carbocycles. The first-order chi connectivity index (χ1) is 9.33. The van der Waals surface area contributed by atoms with Crippen LogP contribution in [0, 0.1) is 0 Å². The Balaban J connectivity index is 1.97. The van der Waals surface area contributed by atoms with Crippen molar-refractivity contribution in [3.8, 4) is 11.4 Å². The summed E-state index contributed by atoms with van der Waals surface area (Å²) in [5, 5.41) is 3.42. The van der Waals surface area contributed by atoms with E-state index in [-0.39, 0.29) is 0 Å². The SMILES string of the molecule is Cn1c(-c2cccnc2)nc2cc3c(cc21)NCC3. The van der Waals surface area contributed by atoms with Gasteiger partial charge in [-0.2, -0.15) is 0 Å². The number of hydrogen-bond acceptors (Lipinski definition) is 3. The van der Waals surface area contributed by atoms with Crippen LogP contribution in [0.15, 0.2) is 36.7 Å². The van der Waals surface area contributed by atoms with Crippen LogP contribution in [-0.2, 0) is 13.5 Å². The predicted octanol–water partition coefficient (Wildman–Crippen LogP) is 2.60. The molecule has 1 aromatic carbocycles. The van der Waals surface area contributed by atoms with Gasteiger partial charge in [-0.15, -0.1) is 0 Å². The number of pyridine rings is 1. The van der Waals surface area contributed by atoms with Crippen LogP contribution in [0.4, 0.5) is 5.69 Å². The molecule has 0 radical (unpaired) electrons. The molecule has 0 amide bonds. The fraction of sp³-hybridized carbons (Fsp3) is 0.200. The fourth-order valence-electron chi connectivity index (χ4n) is 2.74. The Morgan fingerprint density at radius 2 is 2.26 bits per heavy atom. The maximum Gasteiger partial charge on any atom is 0.142 e. The largest absolute Gasteiger partial charge is 0.384 e. The maximum atomic E-state index is 4.76. The molecule has 1 aliphatic rings. The summed E-state index contributed by atoms with van der Waals surface area (Å²) in [5.41, 5.74) is 5.88. The molecule has 0 saturated carbocycles. The zero-order chi connectivity index (χ0) is 12.8. The highest BCUT2D eigenvalue weighted by Gasteiger charge is 2.15. The molecule has 4 heteroatoms. The summed E-state index contributed by atoms with van der Waals surface area (Å²) in [6, 6.07) is 8.38. The Labute approximate surface area is 111 Å². The van der Waals surface area contributed by atoms with Gasteiger partial charge in [0.05, 0.1) is 11.0 Å². The first-order valence-electron chi connectivity index (χ1n) is 6.46. The molecule has 0 unspecified atom stereocenters. The van der Waals surface area contributed by atoms with Crippen molar-refractivity contribution in [3.05, 3.63) is 42.2 Å². The molecule has 94 valence electrons.